The molecule has 2 atom stereocenters. The molecule has 2 unspecified atom stereocenters. The zero-order valence-corrected chi connectivity index (χ0v) is 12.1. The molecule has 0 aromatic rings. The maximum Gasteiger partial charge on any atom is 0.0720 e. The lowest BCUT2D eigenvalue weighted by molar-refractivity contribution is 0.387. The summed E-state index contributed by atoms with van der Waals surface area (Å²) in [5, 5.41) is 7.33. The molecule has 0 bridgehead atoms. The molecule has 2 nitrogen and oxygen atoms in total. The second kappa shape index (κ2) is 5.51. The zero-order chi connectivity index (χ0) is 11.5. The Morgan fingerprint density at radius 2 is 1.19 bits per heavy atom. The zero-order valence-electron chi connectivity index (χ0n) is 10.5. The van der Waals surface area contributed by atoms with Gasteiger partial charge in [-0.3, -0.25) is 0 Å². The maximum absolute atomic E-state index is 3.67. The van der Waals surface area contributed by atoms with Crippen LogP contribution in [0.2, 0.25) is 0 Å². The fourth-order valence-electron chi connectivity index (χ4n) is 2.38. The van der Waals surface area contributed by atoms with Crippen LogP contribution in [0.3, 0.4) is 0 Å². The Morgan fingerprint density at radius 1 is 0.750 bits per heavy atom. The van der Waals surface area contributed by atoms with Crippen LogP contribution >= 0.6 is 21.6 Å². The standard InChI is InChI=1S/C12H24N2S2/c1-11(7-3-5-9-13-11)15-16-12(2)8-4-6-10-14-12/h13-14H,3-10H2,1-2H3. The minimum absolute atomic E-state index is 0.297. The van der Waals surface area contributed by atoms with Crippen LogP contribution in [0.15, 0.2) is 0 Å². The van der Waals surface area contributed by atoms with Gasteiger partial charge in [0.25, 0.3) is 0 Å². The van der Waals surface area contributed by atoms with Gasteiger partial charge in [-0.15, -0.1) is 0 Å². The summed E-state index contributed by atoms with van der Waals surface area (Å²) in [4.78, 5) is 0.593. The van der Waals surface area contributed by atoms with Gasteiger partial charge >= 0.3 is 0 Å². The fraction of sp³-hybridized carbons (Fsp3) is 1.00. The van der Waals surface area contributed by atoms with Crippen molar-refractivity contribution in [2.24, 2.45) is 0 Å². The van der Waals surface area contributed by atoms with Crippen LogP contribution in [0, 0.1) is 0 Å². The lowest BCUT2D eigenvalue weighted by Gasteiger charge is -2.39. The van der Waals surface area contributed by atoms with Gasteiger partial charge in [0.15, 0.2) is 0 Å². The monoisotopic (exact) mass is 260 g/mol. The average Bonchev–Trinajstić information content (AvgIpc) is 2.29. The average molecular weight is 260 g/mol. The van der Waals surface area contributed by atoms with Crippen molar-refractivity contribution in [1.29, 1.82) is 0 Å². The van der Waals surface area contributed by atoms with Crippen molar-refractivity contribution >= 4 is 21.6 Å². The molecule has 2 fully saturated rings. The topological polar surface area (TPSA) is 24.1 Å². The van der Waals surface area contributed by atoms with Gasteiger partial charge in [-0.1, -0.05) is 21.6 Å². The van der Waals surface area contributed by atoms with Crippen molar-refractivity contribution in [3.05, 3.63) is 0 Å². The lowest BCUT2D eigenvalue weighted by Crippen LogP contribution is -2.45. The van der Waals surface area contributed by atoms with Crippen LogP contribution in [0.5, 0.6) is 0 Å². The van der Waals surface area contributed by atoms with Crippen molar-refractivity contribution in [2.75, 3.05) is 13.1 Å². The Hall–Kier alpha value is 0.620. The third-order valence-electron chi connectivity index (χ3n) is 3.57. The van der Waals surface area contributed by atoms with Gasteiger partial charge in [0.05, 0.1) is 9.74 Å². The quantitative estimate of drug-likeness (QED) is 0.760. The van der Waals surface area contributed by atoms with Crippen molar-refractivity contribution in [2.45, 2.75) is 62.1 Å². The van der Waals surface area contributed by atoms with Gasteiger partial charge in [0.2, 0.25) is 0 Å². The SMILES string of the molecule is CC1(SSC2(C)CCCCN2)CCCCN1. The van der Waals surface area contributed by atoms with E-state index in [0.29, 0.717) is 9.74 Å². The Labute approximate surface area is 107 Å². The van der Waals surface area contributed by atoms with Crippen molar-refractivity contribution < 1.29 is 0 Å². The third kappa shape index (κ3) is 3.56. The van der Waals surface area contributed by atoms with E-state index in [9.17, 15) is 0 Å². The predicted octanol–water partition coefficient (Wildman–Crippen LogP) is 3.35. The Morgan fingerprint density at radius 3 is 1.50 bits per heavy atom. The molecule has 0 aromatic carbocycles. The van der Waals surface area contributed by atoms with Crippen LogP contribution in [-0.2, 0) is 0 Å². The van der Waals surface area contributed by atoms with Gasteiger partial charge in [-0.05, 0) is 65.5 Å². The second-order valence-electron chi connectivity index (χ2n) is 5.40. The molecule has 0 saturated carbocycles. The summed E-state index contributed by atoms with van der Waals surface area (Å²) in [6, 6.07) is 0. The molecule has 0 radical (unpaired) electrons. The molecule has 0 aromatic heterocycles. The van der Waals surface area contributed by atoms with Crippen LogP contribution in [0.4, 0.5) is 0 Å². The van der Waals surface area contributed by atoms with Gasteiger partial charge < -0.3 is 10.6 Å². The summed E-state index contributed by atoms with van der Waals surface area (Å²) < 4.78 is 0. The summed E-state index contributed by atoms with van der Waals surface area (Å²) in [6.07, 6.45) is 8.05. The van der Waals surface area contributed by atoms with Crippen LogP contribution < -0.4 is 10.6 Å². The number of piperidine rings is 2. The van der Waals surface area contributed by atoms with Crippen LogP contribution in [-0.4, -0.2) is 22.8 Å². The number of hydrogen-bond donors (Lipinski definition) is 2. The molecule has 94 valence electrons. The summed E-state index contributed by atoms with van der Waals surface area (Å²) >= 11 is 0. The summed E-state index contributed by atoms with van der Waals surface area (Å²) in [5.74, 6) is 0. The van der Waals surface area contributed by atoms with Crippen molar-refractivity contribution in [3.8, 4) is 0 Å². The molecular formula is C12H24N2S2. The Balaban J connectivity index is 1.80. The van der Waals surface area contributed by atoms with E-state index in [1.807, 2.05) is 21.6 Å². The van der Waals surface area contributed by atoms with Gasteiger partial charge in [0.1, 0.15) is 0 Å². The van der Waals surface area contributed by atoms with E-state index < -0.39 is 0 Å². The van der Waals surface area contributed by atoms with E-state index >= 15 is 0 Å². The highest BCUT2D eigenvalue weighted by Crippen LogP contribution is 2.46. The summed E-state index contributed by atoms with van der Waals surface area (Å²) in [5.41, 5.74) is 0. The first-order valence-corrected chi connectivity index (χ1v) is 8.64. The van der Waals surface area contributed by atoms with E-state index in [4.69, 9.17) is 0 Å². The van der Waals surface area contributed by atoms with Crippen molar-refractivity contribution in [3.63, 3.8) is 0 Å². The molecule has 0 amide bonds. The Kier molecular flexibility index (Phi) is 4.50. The highest BCUT2D eigenvalue weighted by atomic mass is 33.1. The molecule has 2 saturated heterocycles. The molecule has 4 heteroatoms. The third-order valence-corrected chi connectivity index (χ3v) is 7.54. The predicted molar refractivity (Wildman–Crippen MR) is 75.7 cm³/mol. The number of hydrogen-bond acceptors (Lipinski definition) is 4. The summed E-state index contributed by atoms with van der Waals surface area (Å²) in [7, 11) is 4.10. The first-order chi connectivity index (χ1) is 7.62. The smallest absolute Gasteiger partial charge is 0.0720 e. The minimum atomic E-state index is 0.297. The van der Waals surface area contributed by atoms with Gasteiger partial charge in [-0.2, -0.15) is 0 Å². The van der Waals surface area contributed by atoms with E-state index in [1.165, 1.54) is 51.6 Å². The van der Waals surface area contributed by atoms with Crippen molar-refractivity contribution in [1.82, 2.24) is 10.6 Å². The van der Waals surface area contributed by atoms with Gasteiger partial charge in [0, 0.05) is 0 Å². The molecule has 2 N–H and O–H groups in total. The van der Waals surface area contributed by atoms with E-state index in [2.05, 4.69) is 24.5 Å². The first-order valence-electron chi connectivity index (χ1n) is 6.49. The number of nitrogens with one attached hydrogen (secondary N) is 2. The highest BCUT2D eigenvalue weighted by molar-refractivity contribution is 8.77. The lowest BCUT2D eigenvalue weighted by atomic mass is 10.1. The molecule has 2 aliphatic rings. The second-order valence-corrected chi connectivity index (χ2v) is 8.53. The molecule has 2 heterocycles. The fourth-order valence-corrected chi connectivity index (χ4v) is 5.49. The maximum atomic E-state index is 3.67. The van der Waals surface area contributed by atoms with Gasteiger partial charge in [-0.25, -0.2) is 0 Å². The molecule has 2 aliphatic heterocycles. The highest BCUT2D eigenvalue weighted by Gasteiger charge is 2.33. The van der Waals surface area contributed by atoms with Crippen LogP contribution in [0.1, 0.15) is 52.4 Å². The molecular weight excluding hydrogens is 236 g/mol. The molecule has 0 aliphatic carbocycles. The number of rotatable bonds is 3. The molecule has 0 spiro atoms. The largest absolute Gasteiger partial charge is 0.302 e. The van der Waals surface area contributed by atoms with E-state index in [1.54, 1.807) is 0 Å². The minimum Gasteiger partial charge on any atom is -0.302 e. The molecule has 16 heavy (non-hydrogen) atoms. The molecule has 2 rings (SSSR count). The normalized spacial score (nSPS) is 40.9. The van der Waals surface area contributed by atoms with E-state index in [0.717, 1.165) is 0 Å². The first kappa shape index (κ1) is 13.1. The van der Waals surface area contributed by atoms with E-state index in [-0.39, 0.29) is 0 Å². The Bertz CT molecular complexity index is 197. The summed E-state index contributed by atoms with van der Waals surface area (Å²) in [6.45, 7) is 7.09. The van der Waals surface area contributed by atoms with Crippen LogP contribution in [0.25, 0.3) is 0 Å².